The lowest BCUT2D eigenvalue weighted by atomic mass is 10.1. The minimum atomic E-state index is -3.43. The van der Waals surface area contributed by atoms with E-state index in [-0.39, 0.29) is 12.5 Å². The van der Waals surface area contributed by atoms with E-state index in [4.69, 9.17) is 11.6 Å². The predicted molar refractivity (Wildman–Crippen MR) is 132 cm³/mol. The van der Waals surface area contributed by atoms with Gasteiger partial charge in [-0.25, -0.2) is 8.42 Å². The first-order valence-electron chi connectivity index (χ1n) is 10.9. The van der Waals surface area contributed by atoms with Gasteiger partial charge in [-0.1, -0.05) is 23.7 Å². The van der Waals surface area contributed by atoms with E-state index in [2.05, 4.69) is 11.8 Å². The van der Waals surface area contributed by atoms with Gasteiger partial charge in [0.2, 0.25) is 15.9 Å². The number of hydrogen-bond donors (Lipinski definition) is 0. The predicted octanol–water partition coefficient (Wildman–Crippen LogP) is 4.16. The molecule has 0 spiro atoms. The second-order valence-electron chi connectivity index (χ2n) is 8.58. The van der Waals surface area contributed by atoms with Crippen molar-refractivity contribution in [2.24, 2.45) is 0 Å². The molecule has 3 rings (SSSR count). The van der Waals surface area contributed by atoms with E-state index in [1.54, 1.807) is 0 Å². The van der Waals surface area contributed by atoms with Gasteiger partial charge in [0.05, 0.1) is 11.9 Å². The maximum Gasteiger partial charge on any atom is 0.232 e. The highest BCUT2D eigenvalue weighted by Gasteiger charge is 2.23. The van der Waals surface area contributed by atoms with Gasteiger partial charge in [0.25, 0.3) is 0 Å². The Balaban J connectivity index is 1.55. The molecule has 1 heterocycles. The molecule has 0 saturated carbocycles. The molecule has 1 amide bonds. The van der Waals surface area contributed by atoms with Crippen molar-refractivity contribution in [1.29, 1.82) is 0 Å². The van der Waals surface area contributed by atoms with E-state index in [9.17, 15) is 13.2 Å². The number of carbonyl (C=O) groups is 1. The van der Waals surface area contributed by atoms with Crippen molar-refractivity contribution in [2.45, 2.75) is 33.6 Å². The molecule has 8 heteroatoms. The number of hydrogen-bond acceptors (Lipinski definition) is 4. The number of nitrogens with zero attached hydrogens (tertiary/aromatic N) is 3. The lowest BCUT2D eigenvalue weighted by Gasteiger charge is -2.37. The van der Waals surface area contributed by atoms with Crippen molar-refractivity contribution >= 4 is 38.9 Å². The normalized spacial score (nSPS) is 14.5. The van der Waals surface area contributed by atoms with E-state index in [1.165, 1.54) is 16.1 Å². The van der Waals surface area contributed by atoms with Crippen LogP contribution in [0.1, 0.15) is 29.5 Å². The first kappa shape index (κ1) is 24.4. The zero-order chi connectivity index (χ0) is 23.5. The van der Waals surface area contributed by atoms with Crippen molar-refractivity contribution in [1.82, 2.24) is 4.90 Å². The summed E-state index contributed by atoms with van der Waals surface area (Å²) >= 11 is 6.15. The molecule has 0 unspecified atom stereocenters. The third-order valence-electron chi connectivity index (χ3n) is 5.79. The number of amides is 1. The average molecular weight is 478 g/mol. The topological polar surface area (TPSA) is 60.9 Å². The second-order valence-corrected chi connectivity index (χ2v) is 10.9. The Morgan fingerprint density at radius 1 is 1.00 bits per heavy atom. The molecule has 2 aromatic rings. The summed E-state index contributed by atoms with van der Waals surface area (Å²) in [6.45, 7) is 9.06. The van der Waals surface area contributed by atoms with Crippen LogP contribution in [0.4, 0.5) is 11.4 Å². The first-order chi connectivity index (χ1) is 15.0. The number of rotatable bonds is 7. The van der Waals surface area contributed by atoms with Crippen LogP contribution in [0.5, 0.6) is 0 Å². The fourth-order valence-electron chi connectivity index (χ4n) is 4.23. The molecule has 1 saturated heterocycles. The van der Waals surface area contributed by atoms with Gasteiger partial charge in [0.15, 0.2) is 0 Å². The van der Waals surface area contributed by atoms with Gasteiger partial charge in [-0.05, 0) is 68.1 Å². The number of halogens is 1. The van der Waals surface area contributed by atoms with Crippen molar-refractivity contribution in [3.8, 4) is 0 Å². The number of aryl methyl sites for hydroxylation is 3. The highest BCUT2D eigenvalue weighted by Crippen LogP contribution is 2.26. The SMILES string of the molecule is Cc1cc(C)cc(N(CCCC(=O)N2CCN(c3cc(Cl)ccc3C)CC2)S(C)(=O)=O)c1. The summed E-state index contributed by atoms with van der Waals surface area (Å²) in [5.41, 5.74) is 4.96. The Morgan fingerprint density at radius 2 is 1.62 bits per heavy atom. The van der Waals surface area contributed by atoms with Gasteiger partial charge in [0, 0.05) is 49.9 Å². The first-order valence-corrected chi connectivity index (χ1v) is 13.1. The smallest absolute Gasteiger partial charge is 0.232 e. The molecule has 1 fully saturated rings. The van der Waals surface area contributed by atoms with Crippen LogP contribution in [0, 0.1) is 20.8 Å². The lowest BCUT2D eigenvalue weighted by molar-refractivity contribution is -0.131. The maximum absolute atomic E-state index is 12.8. The minimum absolute atomic E-state index is 0.0707. The fourth-order valence-corrected chi connectivity index (χ4v) is 5.35. The minimum Gasteiger partial charge on any atom is -0.368 e. The third kappa shape index (κ3) is 6.17. The number of anilines is 2. The summed E-state index contributed by atoms with van der Waals surface area (Å²) in [7, 11) is -3.43. The summed E-state index contributed by atoms with van der Waals surface area (Å²) in [6.07, 6.45) is 2.02. The van der Waals surface area contributed by atoms with Crippen LogP contribution < -0.4 is 9.21 Å². The highest BCUT2D eigenvalue weighted by molar-refractivity contribution is 7.92. The molecule has 32 heavy (non-hydrogen) atoms. The van der Waals surface area contributed by atoms with Gasteiger partial charge in [0.1, 0.15) is 0 Å². The van der Waals surface area contributed by atoms with Crippen molar-refractivity contribution < 1.29 is 13.2 Å². The van der Waals surface area contributed by atoms with Crippen LogP contribution in [0.3, 0.4) is 0 Å². The molecule has 1 aliphatic rings. The quantitative estimate of drug-likeness (QED) is 0.600. The molecule has 0 aliphatic carbocycles. The molecule has 0 radical (unpaired) electrons. The average Bonchev–Trinajstić information content (AvgIpc) is 2.71. The van der Waals surface area contributed by atoms with E-state index in [0.29, 0.717) is 36.6 Å². The van der Waals surface area contributed by atoms with Gasteiger partial charge in [-0.3, -0.25) is 9.10 Å². The van der Waals surface area contributed by atoms with E-state index < -0.39 is 10.0 Å². The summed E-state index contributed by atoms with van der Waals surface area (Å²) in [5, 5.41) is 0.711. The molecule has 6 nitrogen and oxygen atoms in total. The second kappa shape index (κ2) is 10.1. The molecule has 0 aromatic heterocycles. The monoisotopic (exact) mass is 477 g/mol. The number of piperazine rings is 1. The van der Waals surface area contributed by atoms with E-state index in [0.717, 1.165) is 29.9 Å². The summed E-state index contributed by atoms with van der Waals surface area (Å²) < 4.78 is 26.1. The van der Waals surface area contributed by atoms with E-state index in [1.807, 2.05) is 55.1 Å². The standard InChI is InChI=1S/C24H32ClN3O3S/c1-18-14-19(2)16-22(15-18)28(32(4,30)31)9-5-6-24(29)27-12-10-26(11-13-27)23-17-21(25)8-7-20(23)3/h7-8,14-17H,5-6,9-13H2,1-4H3. The molecule has 0 atom stereocenters. The highest BCUT2D eigenvalue weighted by atomic mass is 35.5. The van der Waals surface area contributed by atoms with Crippen LogP contribution in [0.15, 0.2) is 36.4 Å². The van der Waals surface area contributed by atoms with Crippen LogP contribution >= 0.6 is 11.6 Å². The summed E-state index contributed by atoms with van der Waals surface area (Å²) in [6, 6.07) is 11.6. The third-order valence-corrected chi connectivity index (χ3v) is 7.22. The van der Waals surface area contributed by atoms with Gasteiger partial charge in [-0.2, -0.15) is 0 Å². The van der Waals surface area contributed by atoms with E-state index >= 15 is 0 Å². The van der Waals surface area contributed by atoms with Crippen LogP contribution in [0.2, 0.25) is 5.02 Å². The number of benzene rings is 2. The van der Waals surface area contributed by atoms with Crippen LogP contribution in [-0.2, 0) is 14.8 Å². The van der Waals surface area contributed by atoms with Gasteiger partial charge >= 0.3 is 0 Å². The molecule has 0 bridgehead atoms. The molecule has 2 aromatic carbocycles. The number of carbonyl (C=O) groups excluding carboxylic acids is 1. The fraction of sp³-hybridized carbons (Fsp3) is 0.458. The summed E-state index contributed by atoms with van der Waals surface area (Å²) in [4.78, 5) is 16.9. The van der Waals surface area contributed by atoms with Crippen molar-refractivity contribution in [3.63, 3.8) is 0 Å². The number of sulfonamides is 1. The molecular weight excluding hydrogens is 446 g/mol. The van der Waals surface area contributed by atoms with Crippen molar-refractivity contribution in [3.05, 3.63) is 58.1 Å². The largest absolute Gasteiger partial charge is 0.368 e. The molecule has 0 N–H and O–H groups in total. The Morgan fingerprint density at radius 3 is 2.22 bits per heavy atom. The Bertz CT molecular complexity index is 1060. The Hall–Kier alpha value is -2.25. The van der Waals surface area contributed by atoms with Crippen LogP contribution in [0.25, 0.3) is 0 Å². The molecule has 174 valence electrons. The van der Waals surface area contributed by atoms with Gasteiger partial charge < -0.3 is 9.80 Å². The molecular formula is C24H32ClN3O3S. The molecule has 1 aliphatic heterocycles. The van der Waals surface area contributed by atoms with Gasteiger partial charge in [-0.15, -0.1) is 0 Å². The zero-order valence-corrected chi connectivity index (χ0v) is 20.8. The Kier molecular flexibility index (Phi) is 7.72. The van der Waals surface area contributed by atoms with Crippen molar-refractivity contribution in [2.75, 3.05) is 48.2 Å². The van der Waals surface area contributed by atoms with Crippen LogP contribution in [-0.4, -0.2) is 58.2 Å². The summed E-state index contributed by atoms with van der Waals surface area (Å²) in [5.74, 6) is 0.0707. The maximum atomic E-state index is 12.8. The zero-order valence-electron chi connectivity index (χ0n) is 19.3. The Labute approximate surface area is 196 Å². The lowest BCUT2D eigenvalue weighted by Crippen LogP contribution is -2.49.